The molecule has 1 heterocycles. The lowest BCUT2D eigenvalue weighted by atomic mass is 10.2. The second-order valence-electron chi connectivity index (χ2n) is 4.62. The van der Waals surface area contributed by atoms with Crippen LogP contribution in [0, 0.1) is 0 Å². The third kappa shape index (κ3) is 3.56. The Hall–Kier alpha value is -0.120. The topological polar surface area (TPSA) is 32.5 Å². The van der Waals surface area contributed by atoms with Crippen LogP contribution in [0.5, 0.6) is 0 Å². The summed E-state index contributed by atoms with van der Waals surface area (Å²) < 4.78 is 0. The van der Waals surface area contributed by atoms with Gasteiger partial charge in [-0.15, -0.1) is 0 Å². The Morgan fingerprint density at radius 2 is 2.29 bits per heavy atom. The van der Waals surface area contributed by atoms with Crippen molar-refractivity contribution in [3.05, 3.63) is 0 Å². The van der Waals surface area contributed by atoms with Gasteiger partial charge in [0.1, 0.15) is 0 Å². The van der Waals surface area contributed by atoms with Crippen molar-refractivity contribution < 1.29 is 0 Å². The van der Waals surface area contributed by atoms with Crippen LogP contribution in [0.25, 0.3) is 0 Å². The van der Waals surface area contributed by atoms with Crippen molar-refractivity contribution in [3.63, 3.8) is 0 Å². The molecule has 2 unspecified atom stereocenters. The van der Waals surface area contributed by atoms with E-state index in [0.717, 1.165) is 12.6 Å². The maximum absolute atomic E-state index is 5.78. The number of likely N-dealkylation sites (N-methyl/N-ethyl adjacent to an activating group) is 2. The zero-order chi connectivity index (χ0) is 10.6. The maximum atomic E-state index is 5.78. The number of nitrogens with two attached hydrogens (primary N) is 1. The molecule has 0 amide bonds. The number of hydrogen-bond donors (Lipinski definition) is 1. The highest BCUT2D eigenvalue weighted by Crippen LogP contribution is 2.17. The van der Waals surface area contributed by atoms with E-state index >= 15 is 0 Å². The van der Waals surface area contributed by atoms with Crippen molar-refractivity contribution in [2.24, 2.45) is 5.73 Å². The lowest BCUT2D eigenvalue weighted by Gasteiger charge is -2.28. The van der Waals surface area contributed by atoms with E-state index in [2.05, 4.69) is 30.7 Å². The normalized spacial score (nSPS) is 25.9. The van der Waals surface area contributed by atoms with E-state index in [0.29, 0.717) is 0 Å². The summed E-state index contributed by atoms with van der Waals surface area (Å²) in [7, 11) is 2.18. The van der Waals surface area contributed by atoms with Crippen LogP contribution >= 0.6 is 0 Å². The van der Waals surface area contributed by atoms with Crippen molar-refractivity contribution in [2.45, 2.75) is 38.8 Å². The average molecular weight is 199 g/mol. The van der Waals surface area contributed by atoms with Crippen LogP contribution in [-0.4, -0.2) is 55.1 Å². The van der Waals surface area contributed by atoms with E-state index in [-0.39, 0.29) is 6.04 Å². The van der Waals surface area contributed by atoms with Gasteiger partial charge in [-0.2, -0.15) is 0 Å². The highest BCUT2D eigenvalue weighted by atomic mass is 15.2. The van der Waals surface area contributed by atoms with Gasteiger partial charge < -0.3 is 10.6 Å². The molecule has 1 fully saturated rings. The molecule has 0 aromatic heterocycles. The average Bonchev–Trinajstić information content (AvgIpc) is 2.50. The van der Waals surface area contributed by atoms with Crippen molar-refractivity contribution in [2.75, 3.05) is 33.2 Å². The first-order valence-electron chi connectivity index (χ1n) is 5.81. The fraction of sp³-hybridized carbons (Fsp3) is 1.00. The molecule has 14 heavy (non-hydrogen) atoms. The Bertz CT molecular complexity index is 159. The number of likely N-dealkylation sites (tertiary alicyclic amines) is 1. The quantitative estimate of drug-likeness (QED) is 0.709. The lowest BCUT2D eigenvalue weighted by molar-refractivity contribution is 0.194. The Labute approximate surface area is 88.2 Å². The molecule has 2 N–H and O–H groups in total. The summed E-state index contributed by atoms with van der Waals surface area (Å²) in [6.45, 7) is 8.99. The summed E-state index contributed by atoms with van der Waals surface area (Å²) in [5, 5.41) is 0. The first-order valence-corrected chi connectivity index (χ1v) is 5.81. The van der Waals surface area contributed by atoms with E-state index in [1.54, 1.807) is 0 Å². The van der Waals surface area contributed by atoms with Gasteiger partial charge in [0, 0.05) is 25.2 Å². The summed E-state index contributed by atoms with van der Waals surface area (Å²) >= 11 is 0. The van der Waals surface area contributed by atoms with E-state index in [1.807, 2.05) is 0 Å². The third-order valence-corrected chi connectivity index (χ3v) is 3.03. The van der Waals surface area contributed by atoms with Crippen LogP contribution in [0.4, 0.5) is 0 Å². The minimum Gasteiger partial charge on any atom is -0.327 e. The predicted octanol–water partition coefficient (Wildman–Crippen LogP) is 0.750. The van der Waals surface area contributed by atoms with E-state index < -0.39 is 0 Å². The molecule has 84 valence electrons. The number of rotatable bonds is 5. The van der Waals surface area contributed by atoms with Gasteiger partial charge in [0.05, 0.1) is 0 Å². The molecule has 1 aliphatic heterocycles. The molecule has 0 aromatic carbocycles. The van der Waals surface area contributed by atoms with Crippen LogP contribution in [0.3, 0.4) is 0 Å². The summed E-state index contributed by atoms with van der Waals surface area (Å²) in [5.74, 6) is 0. The second kappa shape index (κ2) is 5.69. The fourth-order valence-electron chi connectivity index (χ4n) is 2.44. The third-order valence-electron chi connectivity index (χ3n) is 3.03. The summed E-state index contributed by atoms with van der Waals surface area (Å²) in [6.07, 6.45) is 2.72. The Balaban J connectivity index is 2.28. The number of nitrogens with zero attached hydrogens (tertiary/aromatic N) is 2. The molecule has 3 heteroatoms. The van der Waals surface area contributed by atoms with E-state index in [4.69, 9.17) is 5.73 Å². The van der Waals surface area contributed by atoms with Gasteiger partial charge in [-0.3, -0.25) is 4.90 Å². The van der Waals surface area contributed by atoms with Gasteiger partial charge >= 0.3 is 0 Å². The fourth-order valence-corrected chi connectivity index (χ4v) is 2.44. The molecule has 2 atom stereocenters. The van der Waals surface area contributed by atoms with E-state index in [1.165, 1.54) is 32.5 Å². The molecular weight excluding hydrogens is 174 g/mol. The van der Waals surface area contributed by atoms with Crippen molar-refractivity contribution >= 4 is 0 Å². The summed E-state index contributed by atoms with van der Waals surface area (Å²) in [4.78, 5) is 4.95. The zero-order valence-corrected chi connectivity index (χ0v) is 9.87. The molecule has 0 saturated carbocycles. The van der Waals surface area contributed by atoms with Crippen LogP contribution in [-0.2, 0) is 0 Å². The van der Waals surface area contributed by atoms with Gasteiger partial charge in [-0.25, -0.2) is 0 Å². The Morgan fingerprint density at radius 1 is 1.57 bits per heavy atom. The van der Waals surface area contributed by atoms with Crippen molar-refractivity contribution in [1.29, 1.82) is 0 Å². The van der Waals surface area contributed by atoms with Crippen LogP contribution in [0.2, 0.25) is 0 Å². The smallest absolute Gasteiger partial charge is 0.0223 e. The minimum atomic E-state index is 0.288. The minimum absolute atomic E-state index is 0.288. The van der Waals surface area contributed by atoms with Crippen LogP contribution < -0.4 is 5.73 Å². The SMILES string of the molecule is CCN1CCCC1CN(C)CC(C)N. The number of hydrogen-bond acceptors (Lipinski definition) is 3. The molecule has 3 nitrogen and oxygen atoms in total. The maximum Gasteiger partial charge on any atom is 0.0223 e. The summed E-state index contributed by atoms with van der Waals surface area (Å²) in [5.41, 5.74) is 5.78. The molecular formula is C11H25N3. The molecule has 0 spiro atoms. The zero-order valence-electron chi connectivity index (χ0n) is 9.87. The van der Waals surface area contributed by atoms with Crippen LogP contribution in [0.1, 0.15) is 26.7 Å². The molecule has 0 bridgehead atoms. The van der Waals surface area contributed by atoms with Gasteiger partial charge in [-0.1, -0.05) is 6.92 Å². The van der Waals surface area contributed by atoms with Gasteiger partial charge in [0.2, 0.25) is 0 Å². The van der Waals surface area contributed by atoms with Crippen molar-refractivity contribution in [1.82, 2.24) is 9.80 Å². The molecule has 1 rings (SSSR count). The standard InChI is InChI=1S/C11H25N3/c1-4-14-7-5-6-11(14)9-13(3)8-10(2)12/h10-11H,4-9,12H2,1-3H3. The summed E-state index contributed by atoms with van der Waals surface area (Å²) in [6, 6.07) is 1.06. The van der Waals surface area contributed by atoms with Gasteiger partial charge in [0.15, 0.2) is 0 Å². The van der Waals surface area contributed by atoms with Crippen molar-refractivity contribution in [3.8, 4) is 0 Å². The highest BCUT2D eigenvalue weighted by molar-refractivity contribution is 4.80. The first-order chi connectivity index (χ1) is 6.63. The second-order valence-corrected chi connectivity index (χ2v) is 4.62. The van der Waals surface area contributed by atoms with Gasteiger partial charge in [0.25, 0.3) is 0 Å². The van der Waals surface area contributed by atoms with E-state index in [9.17, 15) is 0 Å². The molecule has 1 aliphatic rings. The van der Waals surface area contributed by atoms with Gasteiger partial charge in [-0.05, 0) is 39.9 Å². The highest BCUT2D eigenvalue weighted by Gasteiger charge is 2.23. The predicted molar refractivity (Wildman–Crippen MR) is 61.4 cm³/mol. The monoisotopic (exact) mass is 199 g/mol. The van der Waals surface area contributed by atoms with Crippen LogP contribution in [0.15, 0.2) is 0 Å². The molecule has 0 aliphatic carbocycles. The first kappa shape index (κ1) is 12.0. The largest absolute Gasteiger partial charge is 0.327 e. The molecule has 0 radical (unpaired) electrons. The molecule has 0 aromatic rings. The Kier molecular flexibility index (Phi) is 4.85. The lowest BCUT2D eigenvalue weighted by Crippen LogP contribution is -2.42. The Morgan fingerprint density at radius 3 is 2.86 bits per heavy atom. The molecule has 1 saturated heterocycles.